The van der Waals surface area contributed by atoms with Gasteiger partial charge in [0.2, 0.25) is 10.0 Å². The average molecular weight is 377 g/mol. The van der Waals surface area contributed by atoms with E-state index in [0.717, 1.165) is 24.2 Å². The quantitative estimate of drug-likeness (QED) is 0.738. The Morgan fingerprint density at radius 2 is 2.00 bits per heavy atom. The zero-order valence-corrected chi connectivity index (χ0v) is 15.5. The zero-order valence-electron chi connectivity index (χ0n) is 14.6. The van der Waals surface area contributed by atoms with Crippen molar-refractivity contribution in [2.24, 2.45) is 0 Å². The number of benzene rings is 2. The molecule has 1 aliphatic heterocycles. The van der Waals surface area contributed by atoms with Crippen LogP contribution in [0.3, 0.4) is 0 Å². The monoisotopic (exact) mass is 377 g/mol. The van der Waals surface area contributed by atoms with Crippen molar-refractivity contribution in [3.8, 4) is 11.5 Å². The lowest BCUT2D eigenvalue weighted by molar-refractivity contribution is 0.182. The van der Waals surface area contributed by atoms with Crippen LogP contribution in [-0.4, -0.2) is 33.3 Å². The minimum absolute atomic E-state index is 0.101. The van der Waals surface area contributed by atoms with Crippen molar-refractivity contribution in [1.29, 1.82) is 0 Å². The van der Waals surface area contributed by atoms with Crippen LogP contribution in [0.1, 0.15) is 30.6 Å². The van der Waals surface area contributed by atoms with E-state index in [4.69, 9.17) is 9.47 Å². The summed E-state index contributed by atoms with van der Waals surface area (Å²) in [7, 11) is -3.70. The highest BCUT2D eigenvalue weighted by molar-refractivity contribution is 7.89. The third-order valence-corrected chi connectivity index (χ3v) is 5.61. The fourth-order valence-electron chi connectivity index (χ4n) is 2.74. The second-order valence-electron chi connectivity index (χ2n) is 6.15. The van der Waals surface area contributed by atoms with Gasteiger partial charge in [0, 0.05) is 13.0 Å². The van der Waals surface area contributed by atoms with Crippen LogP contribution in [0.5, 0.6) is 11.5 Å². The number of rotatable bonds is 8. The first-order valence-electron chi connectivity index (χ1n) is 8.66. The summed E-state index contributed by atoms with van der Waals surface area (Å²) in [6.45, 7) is 3.12. The molecule has 140 valence electrons. The summed E-state index contributed by atoms with van der Waals surface area (Å²) >= 11 is 0. The molecule has 0 amide bonds. The lowest BCUT2D eigenvalue weighted by Crippen LogP contribution is -2.28. The number of sulfonamides is 1. The molecule has 6 nitrogen and oxygen atoms in total. The summed E-state index contributed by atoms with van der Waals surface area (Å²) in [4.78, 5) is 0.135. The Morgan fingerprint density at radius 3 is 2.73 bits per heavy atom. The van der Waals surface area contributed by atoms with E-state index in [0.29, 0.717) is 24.5 Å². The maximum absolute atomic E-state index is 12.4. The molecular weight excluding hydrogens is 354 g/mol. The van der Waals surface area contributed by atoms with Crippen molar-refractivity contribution in [2.45, 2.75) is 30.8 Å². The minimum Gasteiger partial charge on any atom is -0.494 e. The Balaban J connectivity index is 1.62. The first-order chi connectivity index (χ1) is 12.5. The normalized spacial score (nSPS) is 14.5. The summed E-state index contributed by atoms with van der Waals surface area (Å²) < 4.78 is 38.1. The molecule has 2 aromatic carbocycles. The van der Waals surface area contributed by atoms with Crippen LogP contribution < -0.4 is 14.2 Å². The fraction of sp³-hybridized carbons (Fsp3) is 0.368. The van der Waals surface area contributed by atoms with Gasteiger partial charge in [0.1, 0.15) is 11.5 Å². The first-order valence-corrected chi connectivity index (χ1v) is 10.1. The predicted molar refractivity (Wildman–Crippen MR) is 98.0 cm³/mol. The Kier molecular flexibility index (Phi) is 5.80. The van der Waals surface area contributed by atoms with Crippen molar-refractivity contribution < 1.29 is 23.0 Å². The maximum Gasteiger partial charge on any atom is 0.240 e. The van der Waals surface area contributed by atoms with Gasteiger partial charge in [-0.1, -0.05) is 13.0 Å². The molecule has 26 heavy (non-hydrogen) atoms. The molecule has 7 heteroatoms. The van der Waals surface area contributed by atoms with E-state index in [1.807, 2.05) is 19.1 Å². The van der Waals surface area contributed by atoms with E-state index in [2.05, 4.69) is 4.72 Å². The minimum atomic E-state index is -3.70. The highest BCUT2D eigenvalue weighted by Crippen LogP contribution is 2.28. The maximum atomic E-state index is 12.4. The number of hydrogen-bond acceptors (Lipinski definition) is 5. The highest BCUT2D eigenvalue weighted by Gasteiger charge is 2.19. The lowest BCUT2D eigenvalue weighted by Gasteiger charge is -2.14. The van der Waals surface area contributed by atoms with Crippen LogP contribution in [0.2, 0.25) is 0 Å². The molecule has 2 aromatic rings. The zero-order chi connectivity index (χ0) is 18.6. The molecule has 0 saturated carbocycles. The van der Waals surface area contributed by atoms with Gasteiger partial charge < -0.3 is 14.6 Å². The van der Waals surface area contributed by atoms with Gasteiger partial charge in [-0.3, -0.25) is 0 Å². The number of ether oxygens (including phenoxy) is 2. The summed E-state index contributed by atoms with van der Waals surface area (Å²) in [6.07, 6.45) is 0.755. The fourth-order valence-corrected chi connectivity index (χ4v) is 3.78. The number of aliphatic hydroxyl groups excluding tert-OH is 1. The van der Waals surface area contributed by atoms with Crippen LogP contribution in [0, 0.1) is 0 Å². The van der Waals surface area contributed by atoms with E-state index < -0.39 is 16.1 Å². The molecule has 3 rings (SSSR count). The van der Waals surface area contributed by atoms with E-state index in [9.17, 15) is 13.5 Å². The van der Waals surface area contributed by atoms with Crippen LogP contribution in [0.15, 0.2) is 47.4 Å². The predicted octanol–water partition coefficient (Wildman–Crippen LogP) is 2.42. The number of nitrogens with one attached hydrogen (secondary N) is 1. The van der Waals surface area contributed by atoms with Gasteiger partial charge in [0.15, 0.2) is 0 Å². The molecule has 0 saturated heterocycles. The third-order valence-electron chi connectivity index (χ3n) is 4.17. The summed E-state index contributed by atoms with van der Waals surface area (Å²) in [5.41, 5.74) is 1.70. The Hall–Kier alpha value is -2.09. The topological polar surface area (TPSA) is 84.9 Å². The van der Waals surface area contributed by atoms with Crippen LogP contribution in [0.25, 0.3) is 0 Å². The number of aliphatic hydroxyl groups is 1. The number of hydrogen-bond donors (Lipinski definition) is 2. The molecule has 1 atom stereocenters. The molecular formula is C19H23NO5S. The van der Waals surface area contributed by atoms with Crippen molar-refractivity contribution >= 4 is 10.0 Å². The van der Waals surface area contributed by atoms with E-state index in [1.54, 1.807) is 18.2 Å². The standard InChI is InChI=1S/C19H23NO5S/c1-2-10-24-16-4-6-17(7-5-16)26(22,23)20-13-18(21)14-3-8-19-15(12-14)9-11-25-19/h3-8,12,18,20-21H,2,9-11,13H2,1H3. The van der Waals surface area contributed by atoms with Gasteiger partial charge in [-0.25, -0.2) is 13.1 Å². The summed E-state index contributed by atoms with van der Waals surface area (Å²) in [5.74, 6) is 1.46. The Labute approximate surface area is 153 Å². The molecule has 2 N–H and O–H groups in total. The van der Waals surface area contributed by atoms with Crippen LogP contribution in [0.4, 0.5) is 0 Å². The summed E-state index contributed by atoms with van der Waals surface area (Å²) in [6, 6.07) is 11.7. The van der Waals surface area contributed by atoms with E-state index in [-0.39, 0.29) is 11.4 Å². The van der Waals surface area contributed by atoms with E-state index in [1.165, 1.54) is 12.1 Å². The highest BCUT2D eigenvalue weighted by atomic mass is 32.2. The molecule has 0 radical (unpaired) electrons. The van der Waals surface area contributed by atoms with Gasteiger partial charge in [0.25, 0.3) is 0 Å². The van der Waals surface area contributed by atoms with Crippen molar-refractivity contribution in [2.75, 3.05) is 19.8 Å². The Bertz CT molecular complexity index is 849. The molecule has 1 heterocycles. The number of fused-ring (bicyclic) bond motifs is 1. The SMILES string of the molecule is CCCOc1ccc(S(=O)(=O)NCC(O)c2ccc3c(c2)CCO3)cc1. The van der Waals surface area contributed by atoms with Gasteiger partial charge in [-0.15, -0.1) is 0 Å². The van der Waals surface area contributed by atoms with Gasteiger partial charge in [0.05, 0.1) is 24.2 Å². The van der Waals surface area contributed by atoms with Crippen molar-refractivity contribution in [3.05, 3.63) is 53.6 Å². The molecule has 0 spiro atoms. The van der Waals surface area contributed by atoms with Crippen molar-refractivity contribution in [1.82, 2.24) is 4.72 Å². The molecule has 1 unspecified atom stereocenters. The molecule has 0 aliphatic carbocycles. The summed E-state index contributed by atoms with van der Waals surface area (Å²) in [5, 5.41) is 10.3. The van der Waals surface area contributed by atoms with Gasteiger partial charge in [-0.2, -0.15) is 0 Å². The largest absolute Gasteiger partial charge is 0.494 e. The lowest BCUT2D eigenvalue weighted by atomic mass is 10.0. The Morgan fingerprint density at radius 1 is 1.23 bits per heavy atom. The van der Waals surface area contributed by atoms with Crippen LogP contribution in [-0.2, 0) is 16.4 Å². The van der Waals surface area contributed by atoms with Crippen LogP contribution >= 0.6 is 0 Å². The molecule has 1 aliphatic rings. The first kappa shape index (κ1) is 18.7. The molecule has 0 aromatic heterocycles. The molecule has 0 fully saturated rings. The third kappa shape index (κ3) is 4.35. The van der Waals surface area contributed by atoms with Gasteiger partial charge >= 0.3 is 0 Å². The van der Waals surface area contributed by atoms with E-state index >= 15 is 0 Å². The molecule has 0 bridgehead atoms. The second kappa shape index (κ2) is 8.07. The average Bonchev–Trinajstić information content (AvgIpc) is 3.12. The van der Waals surface area contributed by atoms with Gasteiger partial charge in [-0.05, 0) is 53.9 Å². The smallest absolute Gasteiger partial charge is 0.240 e. The second-order valence-corrected chi connectivity index (χ2v) is 7.92. The van der Waals surface area contributed by atoms with Crippen molar-refractivity contribution in [3.63, 3.8) is 0 Å².